The van der Waals surface area contributed by atoms with Crippen LogP contribution in [0.15, 0.2) is 17.7 Å². The summed E-state index contributed by atoms with van der Waals surface area (Å²) < 4.78 is 0. The number of carbonyl (C=O) groups excluding carboxylic acids is 1. The van der Waals surface area contributed by atoms with Gasteiger partial charge in [-0.3, -0.25) is 4.79 Å². The minimum atomic E-state index is 0.0408. The second-order valence-electron chi connectivity index (χ2n) is 7.09. The summed E-state index contributed by atoms with van der Waals surface area (Å²) in [5.74, 6) is 0.660. The van der Waals surface area contributed by atoms with Crippen LogP contribution >= 0.6 is 0 Å². The van der Waals surface area contributed by atoms with Crippen molar-refractivity contribution in [3.05, 3.63) is 40.0 Å². The topological polar surface area (TPSA) is 17.1 Å². The highest BCUT2D eigenvalue weighted by Crippen LogP contribution is 2.46. The highest BCUT2D eigenvalue weighted by Gasteiger charge is 2.39. The van der Waals surface area contributed by atoms with Gasteiger partial charge in [-0.2, -0.15) is 0 Å². The number of hydrogen-bond donors (Lipinski definition) is 0. The minimum Gasteiger partial charge on any atom is -0.295 e. The Morgan fingerprint density at radius 2 is 2.00 bits per heavy atom. The van der Waals surface area contributed by atoms with Gasteiger partial charge in [-0.1, -0.05) is 32.9 Å². The Morgan fingerprint density at radius 3 is 2.70 bits per heavy atom. The van der Waals surface area contributed by atoms with E-state index < -0.39 is 0 Å². The van der Waals surface area contributed by atoms with E-state index >= 15 is 0 Å². The Hall–Kier alpha value is -1.37. The quantitative estimate of drug-likeness (QED) is 0.727. The van der Waals surface area contributed by atoms with Gasteiger partial charge in [-0.15, -0.1) is 0 Å². The SMILES string of the molecule is Cc1ccc2c3c1CCC[C@@]3(C)CC(=O)C(C(C)C)=C2. The predicted molar refractivity (Wildman–Crippen MR) is 83.9 cm³/mol. The number of hydrogen-bond acceptors (Lipinski definition) is 1. The molecule has 1 aromatic rings. The molecule has 3 rings (SSSR count). The van der Waals surface area contributed by atoms with E-state index in [0.29, 0.717) is 18.1 Å². The van der Waals surface area contributed by atoms with Gasteiger partial charge in [0.25, 0.3) is 0 Å². The molecule has 0 spiro atoms. The summed E-state index contributed by atoms with van der Waals surface area (Å²) in [5, 5.41) is 0. The number of allylic oxidation sites excluding steroid dienone is 1. The van der Waals surface area contributed by atoms with Crippen molar-refractivity contribution >= 4 is 11.9 Å². The van der Waals surface area contributed by atoms with E-state index in [1.54, 1.807) is 0 Å². The number of benzene rings is 1. The molecule has 0 saturated heterocycles. The first-order valence-electron chi connectivity index (χ1n) is 7.80. The van der Waals surface area contributed by atoms with Crippen molar-refractivity contribution in [2.45, 2.75) is 58.8 Å². The lowest BCUT2D eigenvalue weighted by Gasteiger charge is -2.37. The van der Waals surface area contributed by atoms with Gasteiger partial charge in [0.05, 0.1) is 0 Å². The molecule has 0 bridgehead atoms. The summed E-state index contributed by atoms with van der Waals surface area (Å²) in [7, 11) is 0. The number of carbonyl (C=O) groups is 1. The van der Waals surface area contributed by atoms with Crippen LogP contribution in [0.25, 0.3) is 6.08 Å². The zero-order valence-corrected chi connectivity index (χ0v) is 13.0. The van der Waals surface area contributed by atoms with Crippen molar-refractivity contribution in [1.82, 2.24) is 0 Å². The first kappa shape index (κ1) is 13.6. The van der Waals surface area contributed by atoms with Crippen molar-refractivity contribution in [3.63, 3.8) is 0 Å². The molecular formula is C19H24O. The van der Waals surface area contributed by atoms with Crippen LogP contribution in [-0.2, 0) is 16.6 Å². The fraction of sp³-hybridized carbons (Fsp3) is 0.526. The predicted octanol–water partition coefficient (Wildman–Crippen LogP) is 4.60. The second-order valence-corrected chi connectivity index (χ2v) is 7.09. The van der Waals surface area contributed by atoms with Gasteiger partial charge < -0.3 is 0 Å². The summed E-state index contributed by atoms with van der Waals surface area (Å²) in [6.45, 7) is 8.76. The molecule has 0 aliphatic heterocycles. The highest BCUT2D eigenvalue weighted by molar-refractivity contribution is 6.02. The molecule has 2 aliphatic rings. The third kappa shape index (κ3) is 1.95. The zero-order chi connectivity index (χ0) is 14.5. The third-order valence-corrected chi connectivity index (χ3v) is 5.14. The molecule has 2 aliphatic carbocycles. The summed E-state index contributed by atoms with van der Waals surface area (Å²) in [6.07, 6.45) is 6.37. The average Bonchev–Trinajstić information content (AvgIpc) is 2.48. The van der Waals surface area contributed by atoms with E-state index in [9.17, 15) is 4.79 Å². The lowest BCUT2D eigenvalue weighted by atomic mass is 9.67. The number of Topliss-reactive ketones (excluding diaryl/α,β-unsaturated/α-hetero) is 1. The van der Waals surface area contributed by atoms with Crippen molar-refractivity contribution < 1.29 is 4.79 Å². The Morgan fingerprint density at radius 1 is 1.25 bits per heavy atom. The van der Waals surface area contributed by atoms with Crippen LogP contribution in [0.3, 0.4) is 0 Å². The average molecular weight is 268 g/mol. The fourth-order valence-electron chi connectivity index (χ4n) is 4.08. The summed E-state index contributed by atoms with van der Waals surface area (Å²) in [5.41, 5.74) is 6.70. The largest absolute Gasteiger partial charge is 0.295 e. The molecule has 0 aromatic heterocycles. The Balaban J connectivity index is 2.28. The standard InChI is InChI=1S/C19H24O/c1-12(2)16-10-14-8-7-13(3)15-6-5-9-19(4,18(14)15)11-17(16)20/h7-8,10,12H,5-6,9,11H2,1-4H3/t19-/m0/s1. The summed E-state index contributed by atoms with van der Waals surface area (Å²) in [4.78, 5) is 12.7. The number of ketones is 1. The van der Waals surface area contributed by atoms with E-state index in [2.05, 4.69) is 45.9 Å². The molecule has 0 heterocycles. The molecule has 1 nitrogen and oxygen atoms in total. The fourth-order valence-corrected chi connectivity index (χ4v) is 4.08. The van der Waals surface area contributed by atoms with Gasteiger partial charge in [0, 0.05) is 11.8 Å². The van der Waals surface area contributed by atoms with Crippen molar-refractivity contribution in [1.29, 1.82) is 0 Å². The molecular weight excluding hydrogens is 244 g/mol. The van der Waals surface area contributed by atoms with E-state index in [-0.39, 0.29) is 5.41 Å². The molecule has 0 saturated carbocycles. The monoisotopic (exact) mass is 268 g/mol. The molecule has 0 unspecified atom stereocenters. The van der Waals surface area contributed by atoms with Gasteiger partial charge in [0.2, 0.25) is 0 Å². The van der Waals surface area contributed by atoms with Crippen LogP contribution in [0, 0.1) is 12.8 Å². The maximum Gasteiger partial charge on any atom is 0.160 e. The second kappa shape index (κ2) is 4.58. The maximum atomic E-state index is 12.7. The zero-order valence-electron chi connectivity index (χ0n) is 13.0. The number of aryl methyl sites for hydroxylation is 1. The van der Waals surface area contributed by atoms with Gasteiger partial charge in [0.15, 0.2) is 5.78 Å². The van der Waals surface area contributed by atoms with Crippen LogP contribution in [0.5, 0.6) is 0 Å². The minimum absolute atomic E-state index is 0.0408. The van der Waals surface area contributed by atoms with Gasteiger partial charge in [-0.05, 0) is 66.0 Å². The molecule has 0 N–H and O–H groups in total. The lowest BCUT2D eigenvalue weighted by molar-refractivity contribution is -0.117. The highest BCUT2D eigenvalue weighted by atomic mass is 16.1. The normalized spacial score (nSPS) is 25.2. The van der Waals surface area contributed by atoms with Crippen LogP contribution < -0.4 is 0 Å². The molecule has 0 radical (unpaired) electrons. The van der Waals surface area contributed by atoms with E-state index in [1.165, 1.54) is 35.1 Å². The van der Waals surface area contributed by atoms with Gasteiger partial charge >= 0.3 is 0 Å². The Kier molecular flexibility index (Phi) is 3.12. The Labute approximate surface area is 122 Å². The molecule has 0 fully saturated rings. The smallest absolute Gasteiger partial charge is 0.160 e. The first-order valence-corrected chi connectivity index (χ1v) is 7.80. The van der Waals surface area contributed by atoms with Crippen molar-refractivity contribution in [2.24, 2.45) is 5.92 Å². The molecule has 106 valence electrons. The third-order valence-electron chi connectivity index (χ3n) is 5.14. The molecule has 1 heteroatoms. The van der Waals surface area contributed by atoms with E-state index in [1.807, 2.05) is 0 Å². The lowest BCUT2D eigenvalue weighted by Crippen LogP contribution is -2.31. The van der Waals surface area contributed by atoms with Gasteiger partial charge in [0.1, 0.15) is 0 Å². The van der Waals surface area contributed by atoms with E-state index in [0.717, 1.165) is 12.0 Å². The summed E-state index contributed by atoms with van der Waals surface area (Å²) in [6, 6.07) is 4.45. The molecule has 1 aromatic carbocycles. The van der Waals surface area contributed by atoms with Crippen molar-refractivity contribution in [2.75, 3.05) is 0 Å². The van der Waals surface area contributed by atoms with Crippen molar-refractivity contribution in [3.8, 4) is 0 Å². The van der Waals surface area contributed by atoms with Crippen LogP contribution in [0.4, 0.5) is 0 Å². The van der Waals surface area contributed by atoms with E-state index in [4.69, 9.17) is 0 Å². The van der Waals surface area contributed by atoms with Crippen LogP contribution in [0.1, 0.15) is 62.3 Å². The number of rotatable bonds is 1. The van der Waals surface area contributed by atoms with Crippen LogP contribution in [-0.4, -0.2) is 5.78 Å². The molecule has 1 atom stereocenters. The van der Waals surface area contributed by atoms with Gasteiger partial charge in [-0.25, -0.2) is 0 Å². The maximum absolute atomic E-state index is 12.7. The summed E-state index contributed by atoms with van der Waals surface area (Å²) >= 11 is 0. The first-order chi connectivity index (χ1) is 9.42. The molecule has 20 heavy (non-hydrogen) atoms. The Bertz CT molecular complexity index is 606. The molecule has 0 amide bonds. The van der Waals surface area contributed by atoms with Crippen LogP contribution in [0.2, 0.25) is 0 Å².